The van der Waals surface area contributed by atoms with Gasteiger partial charge in [0.25, 0.3) is 0 Å². The summed E-state index contributed by atoms with van der Waals surface area (Å²) in [5, 5.41) is 3.88. The standard InChI is InChI=1S/C14H19BrClNO2/c1-4-9(5-2)13(14(18)19-3)17-10-6-7-12(16)11(15)8-10/h6-9,13,17H,4-5H2,1-3H3. The first-order valence-electron chi connectivity index (χ1n) is 6.32. The highest BCUT2D eigenvalue weighted by molar-refractivity contribution is 9.10. The van der Waals surface area contributed by atoms with Gasteiger partial charge in [0.2, 0.25) is 0 Å². The number of halogens is 2. The molecule has 1 rings (SSSR count). The highest BCUT2D eigenvalue weighted by Crippen LogP contribution is 2.27. The van der Waals surface area contributed by atoms with E-state index in [-0.39, 0.29) is 17.9 Å². The number of hydrogen-bond acceptors (Lipinski definition) is 3. The number of esters is 1. The lowest BCUT2D eigenvalue weighted by Gasteiger charge is -2.25. The number of nitrogens with one attached hydrogen (secondary N) is 1. The van der Waals surface area contributed by atoms with E-state index in [2.05, 4.69) is 35.1 Å². The predicted molar refractivity (Wildman–Crippen MR) is 82.7 cm³/mol. The lowest BCUT2D eigenvalue weighted by atomic mass is 9.94. The van der Waals surface area contributed by atoms with Gasteiger partial charge in [-0.3, -0.25) is 0 Å². The number of carbonyl (C=O) groups excluding carboxylic acids is 1. The third kappa shape index (κ3) is 4.39. The molecule has 19 heavy (non-hydrogen) atoms. The summed E-state index contributed by atoms with van der Waals surface area (Å²) in [5.41, 5.74) is 0.846. The van der Waals surface area contributed by atoms with Gasteiger partial charge in [0, 0.05) is 10.2 Å². The molecule has 1 N–H and O–H groups in total. The number of rotatable bonds is 6. The second-order valence-corrected chi connectivity index (χ2v) is 5.61. The molecule has 0 heterocycles. The molecule has 0 aliphatic carbocycles. The molecule has 0 aliphatic heterocycles. The van der Waals surface area contributed by atoms with Gasteiger partial charge in [-0.2, -0.15) is 0 Å². The second-order valence-electron chi connectivity index (χ2n) is 4.35. The third-order valence-corrected chi connectivity index (χ3v) is 4.43. The molecule has 0 aromatic heterocycles. The van der Waals surface area contributed by atoms with E-state index in [1.807, 2.05) is 12.1 Å². The summed E-state index contributed by atoms with van der Waals surface area (Å²) in [6.07, 6.45) is 1.83. The zero-order valence-corrected chi connectivity index (χ0v) is 13.7. The Hall–Kier alpha value is -0.740. The van der Waals surface area contributed by atoms with Gasteiger partial charge in [-0.15, -0.1) is 0 Å². The Morgan fingerprint density at radius 1 is 1.42 bits per heavy atom. The van der Waals surface area contributed by atoms with E-state index in [9.17, 15) is 4.79 Å². The van der Waals surface area contributed by atoms with Crippen molar-refractivity contribution in [1.82, 2.24) is 0 Å². The molecule has 1 unspecified atom stereocenters. The van der Waals surface area contributed by atoms with Crippen molar-refractivity contribution < 1.29 is 9.53 Å². The number of anilines is 1. The van der Waals surface area contributed by atoms with Gasteiger partial charge in [0.05, 0.1) is 12.1 Å². The van der Waals surface area contributed by atoms with Crippen LogP contribution in [0.4, 0.5) is 5.69 Å². The summed E-state index contributed by atoms with van der Waals surface area (Å²) in [7, 11) is 1.41. The minimum atomic E-state index is -0.340. The van der Waals surface area contributed by atoms with Crippen molar-refractivity contribution in [2.45, 2.75) is 32.7 Å². The Morgan fingerprint density at radius 3 is 2.53 bits per heavy atom. The number of ether oxygens (including phenoxy) is 1. The van der Waals surface area contributed by atoms with Gasteiger partial charge in [-0.25, -0.2) is 4.79 Å². The van der Waals surface area contributed by atoms with Crippen LogP contribution >= 0.6 is 27.5 Å². The smallest absolute Gasteiger partial charge is 0.328 e. The fraction of sp³-hybridized carbons (Fsp3) is 0.500. The average molecular weight is 349 g/mol. The van der Waals surface area contributed by atoms with Crippen LogP contribution in [0.2, 0.25) is 5.02 Å². The topological polar surface area (TPSA) is 38.3 Å². The van der Waals surface area contributed by atoms with Crippen molar-refractivity contribution in [3.63, 3.8) is 0 Å². The maximum Gasteiger partial charge on any atom is 0.328 e. The largest absolute Gasteiger partial charge is 0.467 e. The van der Waals surface area contributed by atoms with Crippen molar-refractivity contribution in [3.8, 4) is 0 Å². The van der Waals surface area contributed by atoms with E-state index in [0.717, 1.165) is 23.0 Å². The van der Waals surface area contributed by atoms with Gasteiger partial charge in [0.15, 0.2) is 0 Å². The van der Waals surface area contributed by atoms with Crippen LogP contribution in [0.5, 0.6) is 0 Å². The first kappa shape index (κ1) is 16.3. The molecule has 0 spiro atoms. The fourth-order valence-corrected chi connectivity index (χ4v) is 2.52. The molecule has 5 heteroatoms. The first-order valence-corrected chi connectivity index (χ1v) is 7.49. The van der Waals surface area contributed by atoms with Crippen molar-refractivity contribution >= 4 is 39.2 Å². The second kappa shape index (κ2) is 7.75. The average Bonchev–Trinajstić information content (AvgIpc) is 2.42. The summed E-state index contributed by atoms with van der Waals surface area (Å²) in [6, 6.07) is 5.16. The number of carbonyl (C=O) groups is 1. The van der Waals surface area contributed by atoms with Crippen LogP contribution in [-0.2, 0) is 9.53 Å². The molecule has 1 atom stereocenters. The molecule has 3 nitrogen and oxygen atoms in total. The lowest BCUT2D eigenvalue weighted by molar-refractivity contribution is -0.142. The lowest BCUT2D eigenvalue weighted by Crippen LogP contribution is -2.37. The summed E-state index contributed by atoms with van der Waals surface area (Å²) in [5.74, 6) is 0.00155. The normalized spacial score (nSPS) is 12.3. The van der Waals surface area contributed by atoms with Crippen LogP contribution in [0.25, 0.3) is 0 Å². The molecule has 0 saturated carbocycles. The minimum Gasteiger partial charge on any atom is -0.467 e. The molecule has 1 aromatic rings. The summed E-state index contributed by atoms with van der Waals surface area (Å²) < 4.78 is 5.68. The van der Waals surface area contributed by atoms with Gasteiger partial charge in [0.1, 0.15) is 6.04 Å². The highest BCUT2D eigenvalue weighted by Gasteiger charge is 2.26. The van der Waals surface area contributed by atoms with E-state index >= 15 is 0 Å². The van der Waals surface area contributed by atoms with E-state index in [0.29, 0.717) is 5.02 Å². The molecule has 106 valence electrons. The van der Waals surface area contributed by atoms with Crippen LogP contribution < -0.4 is 5.32 Å². The van der Waals surface area contributed by atoms with Gasteiger partial charge in [-0.05, 0) is 40.0 Å². The molecular weight excluding hydrogens is 330 g/mol. The molecule has 0 fully saturated rings. The van der Waals surface area contributed by atoms with Crippen molar-refractivity contribution in [3.05, 3.63) is 27.7 Å². The third-order valence-electron chi connectivity index (χ3n) is 3.22. The van der Waals surface area contributed by atoms with Crippen molar-refractivity contribution in [2.75, 3.05) is 12.4 Å². The van der Waals surface area contributed by atoms with Crippen LogP contribution in [-0.4, -0.2) is 19.1 Å². The van der Waals surface area contributed by atoms with E-state index in [1.54, 1.807) is 6.07 Å². The van der Waals surface area contributed by atoms with Gasteiger partial charge in [-0.1, -0.05) is 38.3 Å². The first-order chi connectivity index (χ1) is 9.03. The molecule has 1 aromatic carbocycles. The van der Waals surface area contributed by atoms with E-state index < -0.39 is 0 Å². The SMILES string of the molecule is CCC(CC)C(Nc1ccc(Cl)c(Br)c1)C(=O)OC. The number of methoxy groups -OCH3 is 1. The van der Waals surface area contributed by atoms with Crippen molar-refractivity contribution in [2.24, 2.45) is 5.92 Å². The van der Waals surface area contributed by atoms with Crippen LogP contribution in [0.1, 0.15) is 26.7 Å². The Morgan fingerprint density at radius 2 is 2.05 bits per heavy atom. The summed E-state index contributed by atoms with van der Waals surface area (Å²) in [4.78, 5) is 11.9. The zero-order valence-electron chi connectivity index (χ0n) is 11.4. The number of hydrogen-bond donors (Lipinski definition) is 1. The summed E-state index contributed by atoms with van der Waals surface area (Å²) in [6.45, 7) is 4.15. The van der Waals surface area contributed by atoms with E-state index in [4.69, 9.17) is 16.3 Å². The molecule has 0 saturated heterocycles. The maximum absolute atomic E-state index is 11.9. The molecule has 0 bridgehead atoms. The Labute approximate surface area is 127 Å². The Bertz CT molecular complexity index is 435. The molecule has 0 aliphatic rings. The fourth-order valence-electron chi connectivity index (χ4n) is 2.02. The van der Waals surface area contributed by atoms with Crippen LogP contribution in [0.15, 0.2) is 22.7 Å². The monoisotopic (exact) mass is 347 g/mol. The Kier molecular flexibility index (Phi) is 6.66. The highest BCUT2D eigenvalue weighted by atomic mass is 79.9. The Balaban J connectivity index is 2.93. The zero-order chi connectivity index (χ0) is 14.4. The molecule has 0 amide bonds. The van der Waals surface area contributed by atoms with E-state index in [1.165, 1.54) is 7.11 Å². The maximum atomic E-state index is 11.9. The predicted octanol–water partition coefficient (Wildman–Crippen LogP) is 4.49. The number of benzene rings is 1. The minimum absolute atomic E-state index is 0.236. The quantitative estimate of drug-likeness (QED) is 0.770. The summed E-state index contributed by atoms with van der Waals surface area (Å²) >= 11 is 9.33. The van der Waals surface area contributed by atoms with Crippen LogP contribution in [0.3, 0.4) is 0 Å². The van der Waals surface area contributed by atoms with Crippen LogP contribution in [0, 0.1) is 5.92 Å². The van der Waals surface area contributed by atoms with Crippen molar-refractivity contribution in [1.29, 1.82) is 0 Å². The molecular formula is C14H19BrClNO2. The van der Waals surface area contributed by atoms with Gasteiger partial charge < -0.3 is 10.1 Å². The van der Waals surface area contributed by atoms with Gasteiger partial charge >= 0.3 is 5.97 Å². The molecule has 0 radical (unpaired) electrons.